The third kappa shape index (κ3) is 3.43. The molecule has 6 heteroatoms. The number of carbonyl (C=O) groups excluding carboxylic acids is 2. The van der Waals surface area contributed by atoms with Gasteiger partial charge in [-0.15, -0.1) is 0 Å². The minimum atomic E-state index is -0.0928. The maximum absolute atomic E-state index is 12.1. The van der Waals surface area contributed by atoms with E-state index in [0.717, 1.165) is 32.6 Å². The number of piperazine rings is 1. The van der Waals surface area contributed by atoms with Gasteiger partial charge in [-0.2, -0.15) is 0 Å². The maximum atomic E-state index is 12.1. The molecule has 2 aliphatic rings. The molecule has 0 spiro atoms. The predicted octanol–water partition coefficient (Wildman–Crippen LogP) is -1.33. The van der Waals surface area contributed by atoms with Gasteiger partial charge in [-0.1, -0.05) is 0 Å². The molecule has 0 bridgehead atoms. The molecular weight excluding hydrogens is 232 g/mol. The first kappa shape index (κ1) is 13.3. The Morgan fingerprint density at radius 3 is 2.78 bits per heavy atom. The molecule has 0 saturated carbocycles. The van der Waals surface area contributed by atoms with Crippen molar-refractivity contribution in [3.05, 3.63) is 0 Å². The van der Waals surface area contributed by atoms with E-state index in [9.17, 15) is 9.59 Å². The van der Waals surface area contributed by atoms with E-state index < -0.39 is 0 Å². The van der Waals surface area contributed by atoms with Crippen molar-refractivity contribution < 1.29 is 9.59 Å². The van der Waals surface area contributed by atoms with Gasteiger partial charge in [-0.3, -0.25) is 14.5 Å². The number of rotatable bonds is 3. The van der Waals surface area contributed by atoms with Crippen LogP contribution in [-0.2, 0) is 9.59 Å². The van der Waals surface area contributed by atoms with Gasteiger partial charge >= 0.3 is 0 Å². The van der Waals surface area contributed by atoms with Crippen LogP contribution < -0.4 is 16.0 Å². The van der Waals surface area contributed by atoms with E-state index in [4.69, 9.17) is 0 Å². The van der Waals surface area contributed by atoms with Crippen molar-refractivity contribution in [2.45, 2.75) is 31.8 Å². The first-order valence-corrected chi connectivity index (χ1v) is 6.68. The number of piperidine rings is 1. The summed E-state index contributed by atoms with van der Waals surface area (Å²) in [4.78, 5) is 25.3. The van der Waals surface area contributed by atoms with Crippen molar-refractivity contribution in [3.8, 4) is 0 Å². The molecule has 2 amide bonds. The summed E-state index contributed by atoms with van der Waals surface area (Å²) in [6.45, 7) is 6.21. The average molecular weight is 254 g/mol. The summed E-state index contributed by atoms with van der Waals surface area (Å²) in [5, 5.41) is 9.07. The Labute approximate surface area is 107 Å². The second-order valence-corrected chi connectivity index (χ2v) is 5.01. The smallest absolute Gasteiger partial charge is 0.237 e. The zero-order chi connectivity index (χ0) is 13.0. The van der Waals surface area contributed by atoms with Crippen LogP contribution in [0.2, 0.25) is 0 Å². The Hall–Kier alpha value is -1.14. The van der Waals surface area contributed by atoms with Gasteiger partial charge in [0.2, 0.25) is 11.8 Å². The molecule has 0 aromatic heterocycles. The minimum absolute atomic E-state index is 0.0676. The fourth-order valence-electron chi connectivity index (χ4n) is 2.41. The van der Waals surface area contributed by atoms with Crippen LogP contribution in [0, 0.1) is 0 Å². The van der Waals surface area contributed by atoms with Gasteiger partial charge in [0.25, 0.3) is 0 Å². The lowest BCUT2D eigenvalue weighted by molar-refractivity contribution is -0.128. The van der Waals surface area contributed by atoms with Crippen LogP contribution in [0.15, 0.2) is 0 Å². The third-order valence-electron chi connectivity index (χ3n) is 3.69. The normalized spacial score (nSPS) is 27.4. The topological polar surface area (TPSA) is 73.5 Å². The van der Waals surface area contributed by atoms with Crippen molar-refractivity contribution in [3.63, 3.8) is 0 Å². The molecule has 0 radical (unpaired) electrons. The number of amides is 2. The van der Waals surface area contributed by atoms with Gasteiger partial charge in [-0.25, -0.2) is 0 Å². The van der Waals surface area contributed by atoms with Gasteiger partial charge in [0.15, 0.2) is 0 Å². The fraction of sp³-hybridized carbons (Fsp3) is 0.833. The highest BCUT2D eigenvalue weighted by Crippen LogP contribution is 2.05. The van der Waals surface area contributed by atoms with Gasteiger partial charge in [0, 0.05) is 45.2 Å². The van der Waals surface area contributed by atoms with E-state index in [0.29, 0.717) is 13.0 Å². The highest BCUT2D eigenvalue weighted by Gasteiger charge is 2.26. The molecule has 0 aliphatic carbocycles. The van der Waals surface area contributed by atoms with E-state index in [1.54, 1.807) is 0 Å². The monoisotopic (exact) mass is 254 g/mol. The van der Waals surface area contributed by atoms with Crippen molar-refractivity contribution in [1.82, 2.24) is 20.9 Å². The standard InChI is InChI=1S/C12H22N4O2/c1-9(16-6-4-13-5-7-16)12(18)15-10-2-3-11(17)14-8-10/h9-10,13H,2-8H2,1H3,(H,14,17)(H,15,18). The Bertz CT molecular complexity index is 305. The van der Waals surface area contributed by atoms with Crippen molar-refractivity contribution in [2.75, 3.05) is 32.7 Å². The average Bonchev–Trinajstić information content (AvgIpc) is 2.41. The lowest BCUT2D eigenvalue weighted by Crippen LogP contribution is -2.56. The highest BCUT2D eigenvalue weighted by atomic mass is 16.2. The van der Waals surface area contributed by atoms with Gasteiger partial charge < -0.3 is 16.0 Å². The molecule has 6 nitrogen and oxygen atoms in total. The summed E-state index contributed by atoms with van der Waals surface area (Å²) in [6, 6.07) is -0.00899. The number of hydrogen-bond donors (Lipinski definition) is 3. The molecular formula is C12H22N4O2. The fourth-order valence-corrected chi connectivity index (χ4v) is 2.41. The van der Waals surface area contributed by atoms with Crippen molar-refractivity contribution >= 4 is 11.8 Å². The maximum Gasteiger partial charge on any atom is 0.237 e. The Kier molecular flexibility index (Phi) is 4.54. The molecule has 102 valence electrons. The molecule has 2 saturated heterocycles. The zero-order valence-corrected chi connectivity index (χ0v) is 10.9. The number of hydrogen-bond acceptors (Lipinski definition) is 4. The summed E-state index contributed by atoms with van der Waals surface area (Å²) in [6.07, 6.45) is 1.25. The Morgan fingerprint density at radius 2 is 2.17 bits per heavy atom. The number of nitrogens with zero attached hydrogens (tertiary/aromatic N) is 1. The van der Waals surface area contributed by atoms with Crippen LogP contribution in [0.25, 0.3) is 0 Å². The van der Waals surface area contributed by atoms with Gasteiger partial charge in [0.05, 0.1) is 6.04 Å². The largest absolute Gasteiger partial charge is 0.354 e. The third-order valence-corrected chi connectivity index (χ3v) is 3.69. The van der Waals surface area contributed by atoms with Crippen LogP contribution in [0.4, 0.5) is 0 Å². The van der Waals surface area contributed by atoms with E-state index in [1.807, 2.05) is 6.92 Å². The van der Waals surface area contributed by atoms with E-state index >= 15 is 0 Å². The molecule has 18 heavy (non-hydrogen) atoms. The quantitative estimate of drug-likeness (QED) is 0.584. The summed E-state index contributed by atoms with van der Waals surface area (Å²) >= 11 is 0. The molecule has 3 N–H and O–H groups in total. The SMILES string of the molecule is CC(C(=O)NC1CCC(=O)NC1)N1CCNCC1. The van der Waals surface area contributed by atoms with Crippen molar-refractivity contribution in [1.29, 1.82) is 0 Å². The van der Waals surface area contributed by atoms with Gasteiger partial charge in [-0.05, 0) is 13.3 Å². The van der Waals surface area contributed by atoms with Crippen LogP contribution in [-0.4, -0.2) is 61.5 Å². The first-order valence-electron chi connectivity index (χ1n) is 6.68. The number of nitrogens with one attached hydrogen (secondary N) is 3. The highest BCUT2D eigenvalue weighted by molar-refractivity contribution is 5.82. The lowest BCUT2D eigenvalue weighted by atomic mass is 10.1. The zero-order valence-electron chi connectivity index (χ0n) is 10.9. The van der Waals surface area contributed by atoms with Crippen LogP contribution in [0.1, 0.15) is 19.8 Å². The Balaban J connectivity index is 1.77. The minimum Gasteiger partial charge on any atom is -0.354 e. The van der Waals surface area contributed by atoms with Gasteiger partial charge in [0.1, 0.15) is 0 Å². The summed E-state index contributed by atoms with van der Waals surface area (Å²) in [7, 11) is 0. The van der Waals surface area contributed by atoms with E-state index in [-0.39, 0.29) is 23.9 Å². The first-order chi connectivity index (χ1) is 8.66. The van der Waals surface area contributed by atoms with Crippen LogP contribution >= 0.6 is 0 Å². The molecule has 2 heterocycles. The molecule has 0 aromatic rings. The van der Waals surface area contributed by atoms with Crippen LogP contribution in [0.3, 0.4) is 0 Å². The second-order valence-electron chi connectivity index (χ2n) is 5.01. The van der Waals surface area contributed by atoms with E-state index in [1.165, 1.54) is 0 Å². The summed E-state index contributed by atoms with van der Waals surface area (Å²) < 4.78 is 0. The molecule has 2 atom stereocenters. The number of carbonyl (C=O) groups is 2. The van der Waals surface area contributed by atoms with Crippen LogP contribution in [0.5, 0.6) is 0 Å². The Morgan fingerprint density at radius 1 is 1.44 bits per heavy atom. The van der Waals surface area contributed by atoms with E-state index in [2.05, 4.69) is 20.9 Å². The molecule has 2 fully saturated rings. The lowest BCUT2D eigenvalue weighted by Gasteiger charge is -2.33. The molecule has 2 unspecified atom stereocenters. The molecule has 2 rings (SSSR count). The van der Waals surface area contributed by atoms with Crippen molar-refractivity contribution in [2.24, 2.45) is 0 Å². The summed E-state index contributed by atoms with van der Waals surface area (Å²) in [5.74, 6) is 0.147. The second kappa shape index (κ2) is 6.15. The molecule has 2 aliphatic heterocycles. The summed E-state index contributed by atoms with van der Waals surface area (Å²) in [5.41, 5.74) is 0. The molecule has 0 aromatic carbocycles. The predicted molar refractivity (Wildman–Crippen MR) is 68.1 cm³/mol.